The first-order valence-corrected chi connectivity index (χ1v) is 9.79. The summed E-state index contributed by atoms with van der Waals surface area (Å²) in [5.41, 5.74) is 12.6. The summed E-state index contributed by atoms with van der Waals surface area (Å²) in [6, 6.07) is 13.1. The van der Waals surface area contributed by atoms with E-state index >= 15 is 0 Å². The molecule has 0 aliphatic rings. The predicted octanol–water partition coefficient (Wildman–Crippen LogP) is 5.06. The Hall–Kier alpha value is -3.02. The number of aromatic hydroxyl groups is 1. The molecule has 4 rings (SSSR count). The molecule has 0 fully saturated rings. The number of aromatic nitrogens is 2. The summed E-state index contributed by atoms with van der Waals surface area (Å²) < 4.78 is 7.51. The van der Waals surface area contributed by atoms with Crippen molar-refractivity contribution in [2.45, 2.75) is 19.9 Å². The highest BCUT2D eigenvalue weighted by atomic mass is 35.5. The van der Waals surface area contributed by atoms with Crippen LogP contribution in [0.4, 0.5) is 0 Å². The maximum atomic E-state index is 9.70. The zero-order chi connectivity index (χ0) is 20.5. The van der Waals surface area contributed by atoms with Gasteiger partial charge in [0.05, 0.1) is 24.0 Å². The van der Waals surface area contributed by atoms with Crippen LogP contribution >= 0.6 is 11.6 Å². The predicted molar refractivity (Wildman–Crippen MR) is 117 cm³/mol. The Balaban J connectivity index is 1.95. The SMILES string of the molecule is CCc1cc(OC)cc(-c2cnc3cc(CN)c(-c4ccc(O)cc4Cl)cn23)c1. The molecule has 2 aromatic carbocycles. The molecule has 0 spiro atoms. The Morgan fingerprint density at radius 2 is 1.97 bits per heavy atom. The van der Waals surface area contributed by atoms with Gasteiger partial charge in [-0.3, -0.25) is 4.40 Å². The molecule has 2 heterocycles. The topological polar surface area (TPSA) is 72.8 Å². The number of imidazole rings is 1. The van der Waals surface area contributed by atoms with Gasteiger partial charge in [-0.2, -0.15) is 0 Å². The maximum Gasteiger partial charge on any atom is 0.137 e. The lowest BCUT2D eigenvalue weighted by atomic mass is 10.0. The number of hydrogen-bond donors (Lipinski definition) is 2. The fraction of sp³-hybridized carbons (Fsp3) is 0.174. The number of benzene rings is 2. The zero-order valence-corrected chi connectivity index (χ0v) is 17.1. The number of ether oxygens (including phenoxy) is 1. The van der Waals surface area contributed by atoms with Crippen LogP contribution in [0, 0.1) is 0 Å². The number of phenolic OH excluding ortho intramolecular Hbond substituents is 1. The van der Waals surface area contributed by atoms with Crippen LogP contribution in [0.5, 0.6) is 11.5 Å². The number of nitrogens with zero attached hydrogens (tertiary/aromatic N) is 2. The summed E-state index contributed by atoms with van der Waals surface area (Å²) in [6.45, 7) is 2.47. The first-order valence-electron chi connectivity index (χ1n) is 9.41. The van der Waals surface area contributed by atoms with E-state index < -0.39 is 0 Å². The second-order valence-corrected chi connectivity index (χ2v) is 7.28. The van der Waals surface area contributed by atoms with Crippen molar-refractivity contribution in [3.63, 3.8) is 0 Å². The van der Waals surface area contributed by atoms with Crippen molar-refractivity contribution in [3.8, 4) is 33.9 Å². The van der Waals surface area contributed by atoms with E-state index in [1.165, 1.54) is 11.6 Å². The van der Waals surface area contributed by atoms with Gasteiger partial charge in [0.2, 0.25) is 0 Å². The van der Waals surface area contributed by atoms with E-state index in [1.54, 1.807) is 19.2 Å². The molecule has 0 aliphatic carbocycles. The molecule has 0 bridgehead atoms. The molecular formula is C23H22ClN3O2. The third-order valence-electron chi connectivity index (χ3n) is 5.10. The molecule has 5 nitrogen and oxygen atoms in total. The van der Waals surface area contributed by atoms with Gasteiger partial charge in [-0.1, -0.05) is 18.5 Å². The van der Waals surface area contributed by atoms with Gasteiger partial charge in [0.25, 0.3) is 0 Å². The Bertz CT molecular complexity index is 1180. The van der Waals surface area contributed by atoms with Crippen LogP contribution in [0.25, 0.3) is 28.0 Å². The minimum Gasteiger partial charge on any atom is -0.508 e. The lowest BCUT2D eigenvalue weighted by Crippen LogP contribution is -2.02. The van der Waals surface area contributed by atoms with Crippen molar-refractivity contribution >= 4 is 17.2 Å². The monoisotopic (exact) mass is 407 g/mol. The average Bonchev–Trinajstić information content (AvgIpc) is 3.15. The first-order chi connectivity index (χ1) is 14.0. The molecule has 6 heteroatoms. The number of nitrogens with two attached hydrogens (primary N) is 1. The number of hydrogen-bond acceptors (Lipinski definition) is 4. The highest BCUT2D eigenvalue weighted by Crippen LogP contribution is 2.35. The fourth-order valence-corrected chi connectivity index (χ4v) is 3.82. The first kappa shape index (κ1) is 19.3. The molecule has 0 unspecified atom stereocenters. The third kappa shape index (κ3) is 3.55. The second-order valence-electron chi connectivity index (χ2n) is 6.88. The highest BCUT2D eigenvalue weighted by molar-refractivity contribution is 6.33. The molecular weight excluding hydrogens is 386 g/mol. The average molecular weight is 408 g/mol. The molecule has 0 amide bonds. The summed E-state index contributed by atoms with van der Waals surface area (Å²) in [4.78, 5) is 4.58. The standard InChI is InChI=1S/C23H22ClN3O2/c1-3-14-6-15(8-18(7-14)29-2)22-12-26-23-9-16(11-25)20(13-27(22)23)19-5-4-17(28)10-21(19)24/h4-10,12-13,28H,3,11,25H2,1-2H3. The Morgan fingerprint density at radius 1 is 1.14 bits per heavy atom. The number of methoxy groups -OCH3 is 1. The van der Waals surface area contributed by atoms with Gasteiger partial charge >= 0.3 is 0 Å². The summed E-state index contributed by atoms with van der Waals surface area (Å²) in [7, 11) is 1.67. The number of aryl methyl sites for hydroxylation is 1. The van der Waals surface area contributed by atoms with Gasteiger partial charge in [0.15, 0.2) is 0 Å². The minimum absolute atomic E-state index is 0.126. The van der Waals surface area contributed by atoms with Crippen LogP contribution in [-0.4, -0.2) is 21.6 Å². The van der Waals surface area contributed by atoms with Crippen LogP contribution in [0.3, 0.4) is 0 Å². The summed E-state index contributed by atoms with van der Waals surface area (Å²) in [6.07, 6.45) is 4.77. The van der Waals surface area contributed by atoms with E-state index in [9.17, 15) is 5.11 Å². The number of halogens is 1. The van der Waals surface area contributed by atoms with Gasteiger partial charge in [-0.15, -0.1) is 0 Å². The van der Waals surface area contributed by atoms with Gasteiger partial charge in [-0.05, 0) is 60.0 Å². The Morgan fingerprint density at radius 3 is 2.66 bits per heavy atom. The van der Waals surface area contributed by atoms with Gasteiger partial charge < -0.3 is 15.6 Å². The molecule has 2 aromatic heterocycles. The summed E-state index contributed by atoms with van der Waals surface area (Å²) >= 11 is 6.41. The molecule has 0 atom stereocenters. The Kier molecular flexibility index (Phi) is 5.18. The molecule has 0 saturated heterocycles. The van der Waals surface area contributed by atoms with E-state index in [0.717, 1.165) is 45.8 Å². The molecule has 0 aliphatic heterocycles. The van der Waals surface area contributed by atoms with Crippen molar-refractivity contribution in [1.29, 1.82) is 0 Å². The second kappa shape index (κ2) is 7.78. The van der Waals surface area contributed by atoms with Gasteiger partial charge in [-0.25, -0.2) is 4.98 Å². The number of phenols is 1. The normalized spacial score (nSPS) is 11.2. The lowest BCUT2D eigenvalue weighted by molar-refractivity contribution is 0.414. The minimum atomic E-state index is 0.126. The zero-order valence-electron chi connectivity index (χ0n) is 16.3. The third-order valence-corrected chi connectivity index (χ3v) is 5.41. The molecule has 0 saturated carbocycles. The number of pyridine rings is 1. The van der Waals surface area contributed by atoms with Crippen LogP contribution in [0.2, 0.25) is 5.02 Å². The quantitative estimate of drug-likeness (QED) is 0.485. The van der Waals surface area contributed by atoms with Crippen molar-refractivity contribution in [2.24, 2.45) is 5.73 Å². The molecule has 0 radical (unpaired) electrons. The molecule has 148 valence electrons. The summed E-state index contributed by atoms with van der Waals surface area (Å²) in [5, 5.41) is 10.2. The molecule has 4 aromatic rings. The van der Waals surface area contributed by atoms with Crippen LogP contribution in [-0.2, 0) is 13.0 Å². The van der Waals surface area contributed by atoms with Crippen molar-refractivity contribution in [3.05, 3.63) is 71.0 Å². The van der Waals surface area contributed by atoms with E-state index in [1.807, 2.05) is 35.0 Å². The Labute approximate surface area is 174 Å². The number of fused-ring (bicyclic) bond motifs is 1. The van der Waals surface area contributed by atoms with Gasteiger partial charge in [0.1, 0.15) is 17.1 Å². The van der Waals surface area contributed by atoms with Gasteiger partial charge in [0, 0.05) is 29.4 Å². The van der Waals surface area contributed by atoms with E-state index in [4.69, 9.17) is 22.1 Å². The van der Waals surface area contributed by atoms with E-state index in [0.29, 0.717) is 11.6 Å². The smallest absolute Gasteiger partial charge is 0.137 e. The van der Waals surface area contributed by atoms with Crippen LogP contribution in [0.15, 0.2) is 54.9 Å². The van der Waals surface area contributed by atoms with Crippen LogP contribution < -0.4 is 10.5 Å². The lowest BCUT2D eigenvalue weighted by Gasteiger charge is -2.13. The largest absolute Gasteiger partial charge is 0.508 e. The molecule has 3 N–H and O–H groups in total. The van der Waals surface area contributed by atoms with E-state index in [2.05, 4.69) is 18.0 Å². The highest BCUT2D eigenvalue weighted by Gasteiger charge is 2.15. The fourth-order valence-electron chi connectivity index (χ4n) is 3.54. The van der Waals surface area contributed by atoms with Crippen LogP contribution in [0.1, 0.15) is 18.1 Å². The van der Waals surface area contributed by atoms with E-state index in [-0.39, 0.29) is 5.75 Å². The van der Waals surface area contributed by atoms with Crippen molar-refractivity contribution < 1.29 is 9.84 Å². The number of rotatable bonds is 5. The van der Waals surface area contributed by atoms with Crippen molar-refractivity contribution in [1.82, 2.24) is 9.38 Å². The van der Waals surface area contributed by atoms with Crippen molar-refractivity contribution in [2.75, 3.05) is 7.11 Å². The maximum absolute atomic E-state index is 9.70. The summed E-state index contributed by atoms with van der Waals surface area (Å²) in [5.74, 6) is 0.940. The molecule has 29 heavy (non-hydrogen) atoms.